The minimum Gasteiger partial charge on any atom is -0.330 e. The lowest BCUT2D eigenvalue weighted by Gasteiger charge is -2.29. The van der Waals surface area contributed by atoms with Crippen molar-refractivity contribution < 1.29 is 13.2 Å². The van der Waals surface area contributed by atoms with Crippen LogP contribution in [-0.4, -0.2) is 6.54 Å². The highest BCUT2D eigenvalue weighted by atomic mass is 19.4. The van der Waals surface area contributed by atoms with Crippen LogP contribution >= 0.6 is 0 Å². The zero-order valence-electron chi connectivity index (χ0n) is 11.0. The third-order valence-electron chi connectivity index (χ3n) is 3.25. The van der Waals surface area contributed by atoms with Gasteiger partial charge in [-0.15, -0.1) is 0 Å². The van der Waals surface area contributed by atoms with E-state index in [9.17, 15) is 13.2 Å². The fourth-order valence-corrected chi connectivity index (χ4v) is 1.90. The van der Waals surface area contributed by atoms with Gasteiger partial charge in [-0.1, -0.05) is 39.0 Å². The molecular formula is C14H20F3N. The molecule has 1 nitrogen and oxygen atoms in total. The highest BCUT2D eigenvalue weighted by Crippen LogP contribution is 2.32. The van der Waals surface area contributed by atoms with E-state index in [1.807, 2.05) is 0 Å². The van der Waals surface area contributed by atoms with Gasteiger partial charge in [0.05, 0.1) is 5.56 Å². The zero-order chi connectivity index (χ0) is 14.0. The van der Waals surface area contributed by atoms with Gasteiger partial charge in [-0.2, -0.15) is 13.2 Å². The molecule has 0 bridgehead atoms. The SMILES string of the molecule is CC(C)(C)C(CN)Cc1cccc(C(F)(F)F)c1. The Balaban J connectivity index is 2.92. The Morgan fingerprint density at radius 2 is 1.78 bits per heavy atom. The van der Waals surface area contributed by atoms with Crippen LogP contribution in [0.5, 0.6) is 0 Å². The summed E-state index contributed by atoms with van der Waals surface area (Å²) in [5.41, 5.74) is 5.79. The molecule has 18 heavy (non-hydrogen) atoms. The van der Waals surface area contributed by atoms with Gasteiger partial charge in [0, 0.05) is 0 Å². The van der Waals surface area contributed by atoms with Gasteiger partial charge in [-0.3, -0.25) is 0 Å². The molecule has 0 spiro atoms. The van der Waals surface area contributed by atoms with E-state index >= 15 is 0 Å². The monoisotopic (exact) mass is 259 g/mol. The van der Waals surface area contributed by atoms with E-state index in [1.165, 1.54) is 12.1 Å². The molecule has 1 rings (SSSR count). The molecule has 0 aliphatic rings. The summed E-state index contributed by atoms with van der Waals surface area (Å²) < 4.78 is 37.8. The molecule has 0 aromatic heterocycles. The number of hydrogen-bond donors (Lipinski definition) is 1. The smallest absolute Gasteiger partial charge is 0.330 e. The molecule has 0 aliphatic carbocycles. The Labute approximate surface area is 106 Å². The molecule has 0 fully saturated rings. The van der Waals surface area contributed by atoms with Crippen molar-refractivity contribution in [3.8, 4) is 0 Å². The van der Waals surface area contributed by atoms with Crippen LogP contribution in [0.25, 0.3) is 0 Å². The third-order valence-corrected chi connectivity index (χ3v) is 3.25. The number of rotatable bonds is 3. The van der Waals surface area contributed by atoms with Gasteiger partial charge < -0.3 is 5.73 Å². The van der Waals surface area contributed by atoms with Crippen LogP contribution in [0, 0.1) is 11.3 Å². The summed E-state index contributed by atoms with van der Waals surface area (Å²) in [6, 6.07) is 5.49. The Morgan fingerprint density at radius 3 is 2.22 bits per heavy atom. The van der Waals surface area contributed by atoms with Crippen molar-refractivity contribution in [2.75, 3.05) is 6.54 Å². The lowest BCUT2D eigenvalue weighted by molar-refractivity contribution is -0.137. The lowest BCUT2D eigenvalue weighted by Crippen LogP contribution is -2.30. The van der Waals surface area contributed by atoms with E-state index in [-0.39, 0.29) is 11.3 Å². The fourth-order valence-electron chi connectivity index (χ4n) is 1.90. The van der Waals surface area contributed by atoms with E-state index in [1.54, 1.807) is 6.07 Å². The van der Waals surface area contributed by atoms with Crippen molar-refractivity contribution in [2.24, 2.45) is 17.1 Å². The second-order valence-corrected chi connectivity index (χ2v) is 5.70. The summed E-state index contributed by atoms with van der Waals surface area (Å²) in [4.78, 5) is 0. The van der Waals surface area contributed by atoms with E-state index in [4.69, 9.17) is 5.73 Å². The Hall–Kier alpha value is -1.03. The number of benzene rings is 1. The summed E-state index contributed by atoms with van der Waals surface area (Å²) in [7, 11) is 0. The molecular weight excluding hydrogens is 239 g/mol. The third kappa shape index (κ3) is 4.02. The van der Waals surface area contributed by atoms with Crippen molar-refractivity contribution in [2.45, 2.75) is 33.4 Å². The molecule has 1 atom stereocenters. The van der Waals surface area contributed by atoms with Crippen molar-refractivity contribution in [1.82, 2.24) is 0 Å². The van der Waals surface area contributed by atoms with Crippen LogP contribution in [0.3, 0.4) is 0 Å². The average molecular weight is 259 g/mol. The van der Waals surface area contributed by atoms with Gasteiger partial charge in [0.1, 0.15) is 0 Å². The second kappa shape index (κ2) is 5.31. The van der Waals surface area contributed by atoms with E-state index < -0.39 is 11.7 Å². The molecule has 0 saturated carbocycles. The van der Waals surface area contributed by atoms with Crippen LogP contribution in [0.4, 0.5) is 13.2 Å². The number of alkyl halides is 3. The van der Waals surface area contributed by atoms with Crippen molar-refractivity contribution >= 4 is 0 Å². The highest BCUT2D eigenvalue weighted by Gasteiger charge is 2.31. The van der Waals surface area contributed by atoms with Gasteiger partial charge in [-0.05, 0) is 35.9 Å². The first kappa shape index (κ1) is 15.0. The van der Waals surface area contributed by atoms with E-state index in [0.29, 0.717) is 18.5 Å². The maximum absolute atomic E-state index is 12.6. The quantitative estimate of drug-likeness (QED) is 0.876. The largest absolute Gasteiger partial charge is 0.416 e. The van der Waals surface area contributed by atoms with Gasteiger partial charge in [0.2, 0.25) is 0 Å². The Morgan fingerprint density at radius 1 is 1.17 bits per heavy atom. The van der Waals surface area contributed by atoms with E-state index in [2.05, 4.69) is 20.8 Å². The fraction of sp³-hybridized carbons (Fsp3) is 0.571. The number of nitrogens with two attached hydrogens (primary N) is 1. The average Bonchev–Trinajstić information content (AvgIpc) is 2.23. The number of halogens is 3. The van der Waals surface area contributed by atoms with Crippen LogP contribution < -0.4 is 5.73 Å². The van der Waals surface area contributed by atoms with E-state index in [0.717, 1.165) is 6.07 Å². The molecule has 0 amide bonds. The first-order valence-corrected chi connectivity index (χ1v) is 6.01. The van der Waals surface area contributed by atoms with Gasteiger partial charge in [0.25, 0.3) is 0 Å². The van der Waals surface area contributed by atoms with Gasteiger partial charge in [0.15, 0.2) is 0 Å². The molecule has 0 heterocycles. The molecule has 4 heteroatoms. The lowest BCUT2D eigenvalue weighted by atomic mass is 9.77. The first-order valence-electron chi connectivity index (χ1n) is 6.01. The Kier molecular flexibility index (Phi) is 4.43. The summed E-state index contributed by atoms with van der Waals surface area (Å²) in [5, 5.41) is 0. The molecule has 0 aliphatic heterocycles. The summed E-state index contributed by atoms with van der Waals surface area (Å²) in [6.45, 7) is 6.63. The molecule has 2 N–H and O–H groups in total. The van der Waals surface area contributed by atoms with Crippen LogP contribution in [-0.2, 0) is 12.6 Å². The maximum Gasteiger partial charge on any atom is 0.416 e. The summed E-state index contributed by atoms with van der Waals surface area (Å²) >= 11 is 0. The summed E-state index contributed by atoms with van der Waals surface area (Å²) in [6.07, 6.45) is -3.71. The van der Waals surface area contributed by atoms with Crippen LogP contribution in [0.1, 0.15) is 31.9 Å². The maximum atomic E-state index is 12.6. The topological polar surface area (TPSA) is 26.0 Å². The van der Waals surface area contributed by atoms with Crippen molar-refractivity contribution in [1.29, 1.82) is 0 Å². The predicted octanol–water partition coefficient (Wildman–Crippen LogP) is 3.87. The molecule has 1 aromatic rings. The molecule has 1 unspecified atom stereocenters. The standard InChI is InChI=1S/C14H20F3N/c1-13(2,3)12(9-18)8-10-5-4-6-11(7-10)14(15,16)17/h4-7,12H,8-9,18H2,1-3H3. The Bertz CT molecular complexity index is 391. The summed E-state index contributed by atoms with van der Waals surface area (Å²) in [5.74, 6) is 0.168. The predicted molar refractivity (Wildman–Crippen MR) is 67.1 cm³/mol. The van der Waals surface area contributed by atoms with Crippen molar-refractivity contribution in [3.05, 3.63) is 35.4 Å². The highest BCUT2D eigenvalue weighted by molar-refractivity contribution is 5.26. The molecule has 0 saturated heterocycles. The molecule has 102 valence electrons. The normalized spacial score (nSPS) is 14.6. The minimum absolute atomic E-state index is 0.0109. The van der Waals surface area contributed by atoms with Gasteiger partial charge >= 0.3 is 6.18 Å². The molecule has 1 aromatic carbocycles. The van der Waals surface area contributed by atoms with Crippen molar-refractivity contribution in [3.63, 3.8) is 0 Å². The van der Waals surface area contributed by atoms with Crippen LogP contribution in [0.15, 0.2) is 24.3 Å². The molecule has 0 radical (unpaired) electrons. The first-order chi connectivity index (χ1) is 8.14. The van der Waals surface area contributed by atoms with Gasteiger partial charge in [-0.25, -0.2) is 0 Å². The van der Waals surface area contributed by atoms with Crippen LogP contribution in [0.2, 0.25) is 0 Å². The number of hydrogen-bond acceptors (Lipinski definition) is 1. The minimum atomic E-state index is -4.28. The zero-order valence-corrected chi connectivity index (χ0v) is 11.0. The second-order valence-electron chi connectivity index (χ2n) is 5.70.